The van der Waals surface area contributed by atoms with Gasteiger partial charge in [0.1, 0.15) is 12.4 Å². The van der Waals surface area contributed by atoms with Crippen LogP contribution in [0.3, 0.4) is 0 Å². The lowest BCUT2D eigenvalue weighted by Crippen LogP contribution is -2.26. The van der Waals surface area contributed by atoms with E-state index in [0.29, 0.717) is 22.6 Å². The molecule has 0 aliphatic rings. The fourth-order valence-corrected chi connectivity index (χ4v) is 3.65. The van der Waals surface area contributed by atoms with E-state index in [1.165, 1.54) is 0 Å². The van der Waals surface area contributed by atoms with E-state index in [0.717, 1.165) is 15.8 Å². The van der Waals surface area contributed by atoms with Crippen LogP contribution in [0, 0.1) is 0 Å². The smallest absolute Gasteiger partial charge is 0.420 e. The lowest BCUT2D eigenvalue weighted by atomic mass is 10.2. The molecule has 5 aromatic rings. The Balaban J connectivity index is 1.29. The number of anilines is 1. The highest BCUT2D eigenvalue weighted by molar-refractivity contribution is 5.93. The number of carbonyl (C=O) groups is 2. The number of hydrogen-bond acceptors (Lipinski definition) is 6. The summed E-state index contributed by atoms with van der Waals surface area (Å²) in [5, 5.41) is 7.38. The number of aromatic nitrogens is 3. The highest BCUT2D eigenvalue weighted by Gasteiger charge is 2.17. The predicted octanol–water partition coefficient (Wildman–Crippen LogP) is 3.63. The molecule has 2 heterocycles. The standard InChI is InChI=1S/C26H20N4O5/c31-24(17-34-25(32)16-29-21-13-7-8-14-22(21)35-26(29)33)27-23-15-20(18-9-3-1-4-10-18)28-30(23)19-11-5-2-6-12-19/h1-15H,16-17H2,(H,27,31). The largest absolute Gasteiger partial charge is 0.454 e. The van der Waals surface area contributed by atoms with Gasteiger partial charge in [-0.15, -0.1) is 0 Å². The fourth-order valence-electron chi connectivity index (χ4n) is 3.65. The maximum absolute atomic E-state index is 12.6. The number of nitrogens with one attached hydrogen (secondary N) is 1. The van der Waals surface area contributed by atoms with E-state index in [1.807, 2.05) is 60.7 Å². The molecule has 0 aliphatic carbocycles. The molecule has 5 rings (SSSR count). The third-order valence-electron chi connectivity index (χ3n) is 5.27. The summed E-state index contributed by atoms with van der Waals surface area (Å²) in [6.45, 7) is -0.896. The summed E-state index contributed by atoms with van der Waals surface area (Å²) < 4.78 is 13.0. The number of ether oxygens (including phenoxy) is 1. The molecule has 9 nitrogen and oxygen atoms in total. The first-order valence-corrected chi connectivity index (χ1v) is 10.8. The van der Waals surface area contributed by atoms with Gasteiger partial charge in [-0.05, 0) is 24.3 Å². The van der Waals surface area contributed by atoms with Crippen LogP contribution in [0.1, 0.15) is 0 Å². The van der Waals surface area contributed by atoms with Gasteiger partial charge in [0, 0.05) is 11.6 Å². The molecular weight excluding hydrogens is 448 g/mol. The van der Waals surface area contributed by atoms with Crippen molar-refractivity contribution in [3.05, 3.63) is 102 Å². The van der Waals surface area contributed by atoms with Crippen molar-refractivity contribution in [2.75, 3.05) is 11.9 Å². The minimum Gasteiger partial charge on any atom is -0.454 e. The van der Waals surface area contributed by atoms with Crippen molar-refractivity contribution < 1.29 is 18.7 Å². The molecule has 35 heavy (non-hydrogen) atoms. The maximum Gasteiger partial charge on any atom is 0.420 e. The lowest BCUT2D eigenvalue weighted by molar-refractivity contribution is -0.147. The van der Waals surface area contributed by atoms with Gasteiger partial charge in [-0.2, -0.15) is 5.10 Å². The van der Waals surface area contributed by atoms with E-state index in [9.17, 15) is 14.4 Å². The van der Waals surface area contributed by atoms with Crippen LogP contribution >= 0.6 is 0 Å². The molecule has 0 saturated heterocycles. The second-order valence-corrected chi connectivity index (χ2v) is 7.66. The number of esters is 1. The highest BCUT2D eigenvalue weighted by atomic mass is 16.5. The second-order valence-electron chi connectivity index (χ2n) is 7.66. The van der Waals surface area contributed by atoms with E-state index in [2.05, 4.69) is 10.4 Å². The summed E-state index contributed by atoms with van der Waals surface area (Å²) >= 11 is 0. The topological polar surface area (TPSA) is 108 Å². The molecule has 3 aromatic carbocycles. The third kappa shape index (κ3) is 4.74. The number of hydrogen-bond donors (Lipinski definition) is 1. The summed E-state index contributed by atoms with van der Waals surface area (Å²) in [5.74, 6) is -1.53. The van der Waals surface area contributed by atoms with Crippen molar-refractivity contribution >= 4 is 28.8 Å². The first kappa shape index (κ1) is 21.9. The number of benzene rings is 3. The normalized spacial score (nSPS) is 10.9. The average Bonchev–Trinajstić information content (AvgIpc) is 3.44. The van der Waals surface area contributed by atoms with Gasteiger partial charge in [0.15, 0.2) is 12.2 Å². The van der Waals surface area contributed by atoms with Crippen LogP contribution in [0.4, 0.5) is 5.82 Å². The Labute approximate surface area is 199 Å². The molecule has 0 bridgehead atoms. The highest BCUT2D eigenvalue weighted by Crippen LogP contribution is 2.24. The molecule has 0 atom stereocenters. The molecule has 174 valence electrons. The Bertz CT molecular complexity index is 1550. The van der Waals surface area contributed by atoms with Crippen LogP contribution in [-0.2, 0) is 20.9 Å². The third-order valence-corrected chi connectivity index (χ3v) is 5.27. The Morgan fingerprint density at radius 1 is 0.914 bits per heavy atom. The van der Waals surface area contributed by atoms with Crippen LogP contribution in [0.5, 0.6) is 0 Å². The van der Waals surface area contributed by atoms with Crippen LogP contribution < -0.4 is 11.1 Å². The average molecular weight is 468 g/mol. The second kappa shape index (κ2) is 9.52. The van der Waals surface area contributed by atoms with Gasteiger partial charge in [0.2, 0.25) is 0 Å². The van der Waals surface area contributed by atoms with Crippen molar-refractivity contribution in [2.45, 2.75) is 6.54 Å². The summed E-state index contributed by atoms with van der Waals surface area (Å²) in [6.07, 6.45) is 0. The number of fused-ring (bicyclic) bond motifs is 1. The first-order chi connectivity index (χ1) is 17.1. The first-order valence-electron chi connectivity index (χ1n) is 10.8. The van der Waals surface area contributed by atoms with E-state index in [-0.39, 0.29) is 6.54 Å². The van der Waals surface area contributed by atoms with E-state index in [1.54, 1.807) is 35.0 Å². The minimum absolute atomic E-state index is 0.367. The predicted molar refractivity (Wildman–Crippen MR) is 129 cm³/mol. The van der Waals surface area contributed by atoms with Gasteiger partial charge in [-0.1, -0.05) is 60.7 Å². The number of amides is 1. The van der Waals surface area contributed by atoms with Crippen molar-refractivity contribution in [3.63, 3.8) is 0 Å². The zero-order valence-corrected chi connectivity index (χ0v) is 18.5. The monoisotopic (exact) mass is 468 g/mol. The number of para-hydroxylation sites is 3. The van der Waals surface area contributed by atoms with Crippen LogP contribution in [0.2, 0.25) is 0 Å². The summed E-state index contributed by atoms with van der Waals surface area (Å²) in [5.41, 5.74) is 3.16. The number of nitrogens with zero attached hydrogens (tertiary/aromatic N) is 3. The minimum atomic E-state index is -0.740. The van der Waals surface area contributed by atoms with Crippen LogP contribution in [-0.4, -0.2) is 32.8 Å². The van der Waals surface area contributed by atoms with Gasteiger partial charge in [-0.25, -0.2) is 9.48 Å². The Morgan fingerprint density at radius 2 is 1.60 bits per heavy atom. The summed E-state index contributed by atoms with van der Waals surface area (Å²) in [7, 11) is 0. The molecule has 1 amide bonds. The quantitative estimate of drug-likeness (QED) is 0.366. The zero-order valence-electron chi connectivity index (χ0n) is 18.5. The van der Waals surface area contributed by atoms with E-state index < -0.39 is 24.2 Å². The van der Waals surface area contributed by atoms with Crippen molar-refractivity contribution in [1.82, 2.24) is 14.3 Å². The molecule has 0 fully saturated rings. The molecule has 1 N–H and O–H groups in total. The Morgan fingerprint density at radius 3 is 2.37 bits per heavy atom. The fraction of sp³-hybridized carbons (Fsp3) is 0.0769. The molecule has 0 radical (unpaired) electrons. The van der Waals surface area contributed by atoms with Gasteiger partial charge < -0.3 is 14.5 Å². The van der Waals surface area contributed by atoms with Gasteiger partial charge in [0.25, 0.3) is 5.91 Å². The van der Waals surface area contributed by atoms with Crippen LogP contribution in [0.15, 0.2) is 100 Å². The molecule has 0 aliphatic heterocycles. The molecule has 9 heteroatoms. The van der Waals surface area contributed by atoms with Gasteiger partial charge >= 0.3 is 11.7 Å². The molecule has 0 unspecified atom stereocenters. The Hall–Kier alpha value is -4.92. The molecule has 0 saturated carbocycles. The molecule has 2 aromatic heterocycles. The SMILES string of the molecule is O=C(COC(=O)Cn1c(=O)oc2ccccc21)Nc1cc(-c2ccccc2)nn1-c1ccccc1. The summed E-state index contributed by atoms with van der Waals surface area (Å²) in [4.78, 5) is 37.0. The van der Waals surface area contributed by atoms with E-state index >= 15 is 0 Å². The summed E-state index contributed by atoms with van der Waals surface area (Å²) in [6, 6.07) is 27.4. The van der Waals surface area contributed by atoms with Crippen LogP contribution in [0.25, 0.3) is 28.0 Å². The number of oxazole rings is 1. The Kier molecular flexibility index (Phi) is 5.96. The van der Waals surface area contributed by atoms with Crippen molar-refractivity contribution in [3.8, 4) is 16.9 Å². The van der Waals surface area contributed by atoms with Gasteiger partial charge in [-0.3, -0.25) is 14.2 Å². The van der Waals surface area contributed by atoms with Crippen molar-refractivity contribution in [2.24, 2.45) is 0 Å². The maximum atomic E-state index is 12.6. The lowest BCUT2D eigenvalue weighted by Gasteiger charge is -2.09. The van der Waals surface area contributed by atoms with Crippen molar-refractivity contribution in [1.29, 1.82) is 0 Å². The number of rotatable bonds is 7. The van der Waals surface area contributed by atoms with Gasteiger partial charge in [0.05, 0.1) is 16.9 Å². The molecular formula is C26H20N4O5. The zero-order chi connectivity index (χ0) is 24.2. The van der Waals surface area contributed by atoms with E-state index in [4.69, 9.17) is 9.15 Å². The molecule has 0 spiro atoms. The number of carbonyl (C=O) groups excluding carboxylic acids is 2.